The van der Waals surface area contributed by atoms with Gasteiger partial charge in [0.05, 0.1) is 0 Å². The first kappa shape index (κ1) is 18.1. The van der Waals surface area contributed by atoms with Crippen LogP contribution < -0.4 is 0 Å². The van der Waals surface area contributed by atoms with E-state index < -0.39 is 0 Å². The number of unbranched alkanes of at least 4 members (excludes halogenated alkanes) is 9. The molecule has 2 heteroatoms. The van der Waals surface area contributed by atoms with Gasteiger partial charge in [-0.3, -0.25) is 0 Å². The van der Waals surface area contributed by atoms with E-state index in [9.17, 15) is 0 Å². The van der Waals surface area contributed by atoms with Crippen LogP contribution in [0.3, 0.4) is 0 Å². The number of hydrogen-bond donors (Lipinski definition) is 0. The monoisotopic (exact) mass is 356 g/mol. The predicted molar refractivity (Wildman–Crippen MR) is 96.7 cm³/mol. The molecule has 0 bridgehead atoms. The molecule has 1 rings (SSSR count). The minimum Gasteiger partial charge on any atom is -0.126 e. The van der Waals surface area contributed by atoms with Gasteiger partial charge in [0, 0.05) is 9.37 Å². The summed E-state index contributed by atoms with van der Waals surface area (Å²) in [5.74, 6) is 1.26. The van der Waals surface area contributed by atoms with Crippen LogP contribution in [0.5, 0.6) is 0 Å². The molecule has 0 spiro atoms. The Morgan fingerprint density at radius 3 is 2.05 bits per heavy atom. The smallest absolute Gasteiger partial charge is 0.0186 e. The van der Waals surface area contributed by atoms with Crippen LogP contribution in [0.2, 0.25) is 0 Å². The van der Waals surface area contributed by atoms with E-state index in [0.29, 0.717) is 0 Å². The molecule has 114 valence electrons. The molecule has 0 nitrogen and oxygen atoms in total. The maximum Gasteiger partial charge on any atom is 0.0186 e. The maximum absolute atomic E-state index is 3.52. The lowest BCUT2D eigenvalue weighted by Crippen LogP contribution is -1.84. The molecule has 0 heterocycles. The molecule has 0 fully saturated rings. The van der Waals surface area contributed by atoms with Crippen LogP contribution in [0.1, 0.15) is 71.1 Å². The summed E-state index contributed by atoms with van der Waals surface area (Å²) in [5, 5.41) is 0. The Kier molecular flexibility index (Phi) is 11.6. The zero-order chi connectivity index (χ0) is 14.5. The summed E-state index contributed by atoms with van der Waals surface area (Å²) in [4.78, 5) is 1.38. The Bertz CT molecular complexity index is 338. The van der Waals surface area contributed by atoms with Crippen molar-refractivity contribution in [3.05, 3.63) is 28.7 Å². The summed E-state index contributed by atoms with van der Waals surface area (Å²) in [6.07, 6.45) is 14.2. The molecule has 0 aliphatic rings. The lowest BCUT2D eigenvalue weighted by molar-refractivity contribution is 0.563. The highest BCUT2D eigenvalue weighted by molar-refractivity contribution is 9.10. The van der Waals surface area contributed by atoms with Gasteiger partial charge in [-0.2, -0.15) is 0 Å². The summed E-state index contributed by atoms with van der Waals surface area (Å²) in [6.45, 7) is 2.28. The van der Waals surface area contributed by atoms with Gasteiger partial charge in [-0.25, -0.2) is 0 Å². The first-order valence-corrected chi connectivity index (χ1v) is 9.99. The van der Waals surface area contributed by atoms with E-state index in [1.54, 1.807) is 0 Å². The third kappa shape index (κ3) is 9.88. The van der Waals surface area contributed by atoms with E-state index in [1.807, 2.05) is 11.8 Å². The highest BCUT2D eigenvalue weighted by Gasteiger charge is 1.96. The van der Waals surface area contributed by atoms with E-state index >= 15 is 0 Å². The summed E-state index contributed by atoms with van der Waals surface area (Å²) in [6, 6.07) is 8.61. The van der Waals surface area contributed by atoms with Crippen molar-refractivity contribution in [3.8, 4) is 0 Å². The molecule has 0 amide bonds. The predicted octanol–water partition coefficient (Wildman–Crippen LogP) is 7.46. The highest BCUT2D eigenvalue weighted by Crippen LogP contribution is 2.23. The second-order valence-electron chi connectivity index (χ2n) is 5.49. The van der Waals surface area contributed by atoms with Gasteiger partial charge in [0.25, 0.3) is 0 Å². The molecule has 0 saturated carbocycles. The average molecular weight is 357 g/mol. The van der Waals surface area contributed by atoms with E-state index in [-0.39, 0.29) is 0 Å². The van der Waals surface area contributed by atoms with E-state index in [2.05, 4.69) is 47.1 Å². The van der Waals surface area contributed by atoms with Crippen molar-refractivity contribution in [1.82, 2.24) is 0 Å². The van der Waals surface area contributed by atoms with E-state index in [1.165, 1.54) is 79.3 Å². The van der Waals surface area contributed by atoms with Crippen molar-refractivity contribution < 1.29 is 0 Å². The zero-order valence-corrected chi connectivity index (χ0v) is 15.3. The largest absolute Gasteiger partial charge is 0.126 e. The van der Waals surface area contributed by atoms with Crippen molar-refractivity contribution in [3.63, 3.8) is 0 Å². The van der Waals surface area contributed by atoms with Gasteiger partial charge >= 0.3 is 0 Å². The Morgan fingerprint density at radius 1 is 0.850 bits per heavy atom. The second-order valence-corrected chi connectivity index (χ2v) is 7.57. The molecule has 20 heavy (non-hydrogen) atoms. The second kappa shape index (κ2) is 12.8. The molecule has 0 N–H and O–H groups in total. The van der Waals surface area contributed by atoms with Crippen LogP contribution in [0.25, 0.3) is 0 Å². The summed E-state index contributed by atoms with van der Waals surface area (Å²) in [5.41, 5.74) is 0. The Hall–Kier alpha value is 0.0500. The van der Waals surface area contributed by atoms with Crippen LogP contribution in [0, 0.1) is 0 Å². The van der Waals surface area contributed by atoms with Gasteiger partial charge in [0.2, 0.25) is 0 Å². The van der Waals surface area contributed by atoms with Crippen LogP contribution >= 0.6 is 27.7 Å². The van der Waals surface area contributed by atoms with Crippen molar-refractivity contribution in [1.29, 1.82) is 0 Å². The van der Waals surface area contributed by atoms with Gasteiger partial charge in [0.1, 0.15) is 0 Å². The van der Waals surface area contributed by atoms with Gasteiger partial charge in [-0.1, -0.05) is 86.7 Å². The minimum atomic E-state index is 1.19. The van der Waals surface area contributed by atoms with Crippen molar-refractivity contribution in [2.24, 2.45) is 0 Å². The fourth-order valence-corrected chi connectivity index (χ4v) is 3.86. The number of hydrogen-bond acceptors (Lipinski definition) is 1. The fraction of sp³-hybridized carbons (Fsp3) is 0.667. The molecule has 0 unspecified atom stereocenters. The normalized spacial score (nSPS) is 10.9. The number of thioether (sulfide) groups is 1. The molecule has 1 aromatic rings. The SMILES string of the molecule is CCCCCCCCCCCCSc1cccc(Br)c1. The summed E-state index contributed by atoms with van der Waals surface area (Å²) < 4.78 is 1.19. The first-order chi connectivity index (χ1) is 9.83. The molecular weight excluding hydrogens is 328 g/mol. The van der Waals surface area contributed by atoms with Crippen molar-refractivity contribution in [2.45, 2.75) is 76.0 Å². The standard InChI is InChI=1S/C18H29BrS/c1-2-3-4-5-6-7-8-9-10-11-15-20-18-14-12-13-17(19)16-18/h12-14,16H,2-11,15H2,1H3. The fourth-order valence-electron chi connectivity index (χ4n) is 2.34. The molecule has 0 aliphatic heterocycles. The minimum absolute atomic E-state index is 1.19. The molecule has 1 aromatic carbocycles. The third-order valence-corrected chi connectivity index (χ3v) is 5.14. The quantitative estimate of drug-likeness (QED) is 0.276. The topological polar surface area (TPSA) is 0 Å². The summed E-state index contributed by atoms with van der Waals surface area (Å²) >= 11 is 5.50. The number of rotatable bonds is 12. The lowest BCUT2D eigenvalue weighted by atomic mass is 10.1. The Labute approximate surface area is 138 Å². The Morgan fingerprint density at radius 2 is 1.45 bits per heavy atom. The number of benzene rings is 1. The van der Waals surface area contributed by atoms with Gasteiger partial charge < -0.3 is 0 Å². The van der Waals surface area contributed by atoms with Gasteiger partial charge in [0.15, 0.2) is 0 Å². The van der Waals surface area contributed by atoms with Crippen molar-refractivity contribution >= 4 is 27.7 Å². The van der Waals surface area contributed by atoms with E-state index in [0.717, 1.165) is 0 Å². The molecule has 0 radical (unpaired) electrons. The number of halogens is 1. The van der Waals surface area contributed by atoms with Crippen LogP contribution in [-0.4, -0.2) is 5.75 Å². The molecule has 0 atom stereocenters. The zero-order valence-electron chi connectivity index (χ0n) is 12.9. The van der Waals surface area contributed by atoms with Crippen LogP contribution in [0.4, 0.5) is 0 Å². The van der Waals surface area contributed by atoms with E-state index in [4.69, 9.17) is 0 Å². The summed E-state index contributed by atoms with van der Waals surface area (Å²) in [7, 11) is 0. The van der Waals surface area contributed by atoms with Gasteiger partial charge in [-0.15, -0.1) is 11.8 Å². The first-order valence-electron chi connectivity index (χ1n) is 8.21. The van der Waals surface area contributed by atoms with Crippen LogP contribution in [0.15, 0.2) is 33.6 Å². The average Bonchev–Trinajstić information content (AvgIpc) is 2.45. The van der Waals surface area contributed by atoms with Crippen LogP contribution in [-0.2, 0) is 0 Å². The third-order valence-electron chi connectivity index (χ3n) is 3.56. The molecule has 0 aliphatic carbocycles. The van der Waals surface area contributed by atoms with Crippen molar-refractivity contribution in [2.75, 3.05) is 5.75 Å². The molecular formula is C18H29BrS. The lowest BCUT2D eigenvalue weighted by Gasteiger charge is -2.03. The highest BCUT2D eigenvalue weighted by atomic mass is 79.9. The Balaban J connectivity index is 1.85. The van der Waals surface area contributed by atoms with Gasteiger partial charge in [-0.05, 0) is 30.4 Å². The molecule has 0 aromatic heterocycles. The molecule has 0 saturated heterocycles. The maximum atomic E-state index is 3.52.